The summed E-state index contributed by atoms with van der Waals surface area (Å²) in [6.45, 7) is -1.39. The van der Waals surface area contributed by atoms with Gasteiger partial charge in [0.25, 0.3) is 0 Å². The van der Waals surface area contributed by atoms with Gasteiger partial charge < -0.3 is 44.2 Å². The van der Waals surface area contributed by atoms with Crippen LogP contribution in [0.5, 0.6) is 0 Å². The Labute approximate surface area is 224 Å². The van der Waals surface area contributed by atoms with Crippen LogP contribution in [0.3, 0.4) is 0 Å². The van der Waals surface area contributed by atoms with Gasteiger partial charge in [0.1, 0.15) is 23.6 Å². The summed E-state index contributed by atoms with van der Waals surface area (Å²) in [5.74, 6) is -4.32. The average Bonchev–Trinajstić information content (AvgIpc) is 3.51. The average molecular weight is 620 g/mol. The lowest BCUT2D eigenvalue weighted by Crippen LogP contribution is -2.52. The second-order valence-corrected chi connectivity index (χ2v) is 14.5. The monoisotopic (exact) mass is 619 g/mol. The van der Waals surface area contributed by atoms with Gasteiger partial charge in [0.15, 0.2) is 17.8 Å². The Morgan fingerprint density at radius 2 is 1.82 bits per heavy atom. The molecule has 0 amide bonds. The summed E-state index contributed by atoms with van der Waals surface area (Å²) in [5, 5.41) is 35.9. The van der Waals surface area contributed by atoms with E-state index in [0.717, 1.165) is 4.68 Å². The Hall–Kier alpha value is -1.36. The molecule has 2 aromatic heterocycles. The van der Waals surface area contributed by atoms with Crippen LogP contribution in [0.1, 0.15) is 19.1 Å². The fourth-order valence-corrected chi connectivity index (χ4v) is 8.28. The molecule has 5 rings (SSSR count). The Morgan fingerprint density at radius 3 is 2.41 bits per heavy atom. The molecule has 2 aromatic rings. The van der Waals surface area contributed by atoms with Crippen molar-refractivity contribution in [2.24, 2.45) is 11.8 Å². The van der Waals surface area contributed by atoms with Crippen LogP contribution in [0.2, 0.25) is 5.28 Å². The fourth-order valence-electron chi connectivity index (χ4n) is 5.56. The lowest BCUT2D eigenvalue weighted by atomic mass is 9.93. The maximum Gasteiger partial charge on any atom is 0.340 e. The number of rotatable bonds is 8. The summed E-state index contributed by atoms with van der Waals surface area (Å²) in [6, 6.07) is 0. The van der Waals surface area contributed by atoms with E-state index in [2.05, 4.69) is 15.1 Å². The highest BCUT2D eigenvalue weighted by atomic mass is 35.5. The summed E-state index contributed by atoms with van der Waals surface area (Å²) in [6.07, 6.45) is -4.17. The highest BCUT2D eigenvalue weighted by Gasteiger charge is 2.57. The predicted octanol–water partition coefficient (Wildman–Crippen LogP) is 0.280. The topological polar surface area (TPSA) is 221 Å². The molecule has 2 saturated heterocycles. The van der Waals surface area contributed by atoms with Crippen molar-refractivity contribution in [2.75, 3.05) is 37.1 Å². The molecule has 1 aliphatic carbocycles. The molecule has 3 fully saturated rings. The molecule has 0 bridgehead atoms. The standard InChI is InChI=1S/C19H26ClF2N5O10P2/c20-17-24-14(26-4-9-1-18(21,22)2-10(9)5-26)11-3-23-27(15(11)25-17)16-13(29)19(30,7-28)12(37-16)6-36-39(34,35)8-38(31,32)33/h3,9-10,12-13,16,28-30H,1-2,4-8H2,(H,34,35)(H2,31,32,33)/t9-,10+,12-,13+,16-,19-/m1/s1. The normalized spacial score (nSPS) is 34.1. The quantitative estimate of drug-likeness (QED) is 0.173. The number of fused-ring (bicyclic) bond motifs is 2. The molecule has 0 radical (unpaired) electrons. The zero-order chi connectivity index (χ0) is 28.5. The highest BCUT2D eigenvalue weighted by Crippen LogP contribution is 2.56. The van der Waals surface area contributed by atoms with Gasteiger partial charge in [-0.3, -0.25) is 9.13 Å². The van der Waals surface area contributed by atoms with Gasteiger partial charge in [-0.2, -0.15) is 15.1 Å². The predicted molar refractivity (Wildman–Crippen MR) is 128 cm³/mol. The third-order valence-electron chi connectivity index (χ3n) is 7.33. The molecule has 15 nitrogen and oxygen atoms in total. The minimum Gasteiger partial charge on any atom is -0.393 e. The van der Waals surface area contributed by atoms with Gasteiger partial charge in [0.05, 0.1) is 24.8 Å². The molecule has 0 aromatic carbocycles. The second-order valence-electron chi connectivity index (χ2n) is 10.2. The molecule has 218 valence electrons. The van der Waals surface area contributed by atoms with Gasteiger partial charge in [-0.25, -0.2) is 13.5 Å². The first kappa shape index (κ1) is 29.1. The van der Waals surface area contributed by atoms with E-state index in [1.807, 2.05) is 0 Å². The van der Waals surface area contributed by atoms with Gasteiger partial charge in [-0.1, -0.05) is 0 Å². The maximum absolute atomic E-state index is 13.8. The lowest BCUT2D eigenvalue weighted by Gasteiger charge is -2.28. The van der Waals surface area contributed by atoms with Crippen molar-refractivity contribution in [3.05, 3.63) is 11.5 Å². The number of hydrogen-bond acceptors (Lipinski definition) is 11. The molecule has 6 N–H and O–H groups in total. The Balaban J connectivity index is 1.40. The van der Waals surface area contributed by atoms with Crippen LogP contribution in [0.15, 0.2) is 6.20 Å². The van der Waals surface area contributed by atoms with E-state index < -0.39 is 64.3 Å². The van der Waals surface area contributed by atoms with Crippen LogP contribution >= 0.6 is 26.8 Å². The van der Waals surface area contributed by atoms with Gasteiger partial charge in [0, 0.05) is 25.9 Å². The summed E-state index contributed by atoms with van der Waals surface area (Å²) >= 11 is 6.16. The van der Waals surface area contributed by atoms with Crippen molar-refractivity contribution in [2.45, 2.75) is 42.8 Å². The molecule has 7 atom stereocenters. The number of aliphatic hydroxyl groups is 3. The molecule has 2 aliphatic heterocycles. The third kappa shape index (κ3) is 5.60. The highest BCUT2D eigenvalue weighted by molar-refractivity contribution is 7.70. The second kappa shape index (κ2) is 9.88. The summed E-state index contributed by atoms with van der Waals surface area (Å²) in [5.41, 5.74) is -2.39. The number of alkyl halides is 2. The molecule has 4 heterocycles. The number of aliphatic hydroxyl groups excluding tert-OH is 2. The lowest BCUT2D eigenvalue weighted by molar-refractivity contribution is -0.117. The van der Waals surface area contributed by atoms with E-state index in [1.165, 1.54) is 6.20 Å². The van der Waals surface area contributed by atoms with Gasteiger partial charge >= 0.3 is 15.2 Å². The van der Waals surface area contributed by atoms with E-state index in [4.69, 9.17) is 30.6 Å². The van der Waals surface area contributed by atoms with Gasteiger partial charge in [0.2, 0.25) is 11.2 Å². The van der Waals surface area contributed by atoms with E-state index in [0.29, 0.717) is 24.3 Å². The number of halogens is 3. The minimum atomic E-state index is -4.93. The van der Waals surface area contributed by atoms with E-state index in [9.17, 15) is 38.1 Å². The largest absolute Gasteiger partial charge is 0.393 e. The van der Waals surface area contributed by atoms with Crippen molar-refractivity contribution >= 4 is 43.6 Å². The summed E-state index contributed by atoms with van der Waals surface area (Å²) < 4.78 is 62.2. The van der Waals surface area contributed by atoms with Crippen LogP contribution in [0.4, 0.5) is 14.6 Å². The summed E-state index contributed by atoms with van der Waals surface area (Å²) in [7, 11) is -9.78. The number of nitrogens with zero attached hydrogens (tertiary/aromatic N) is 5. The van der Waals surface area contributed by atoms with Gasteiger partial charge in [-0.05, 0) is 23.4 Å². The Kier molecular flexibility index (Phi) is 7.38. The first-order valence-corrected chi connectivity index (χ1v) is 15.7. The van der Waals surface area contributed by atoms with Crippen molar-refractivity contribution in [3.63, 3.8) is 0 Å². The van der Waals surface area contributed by atoms with Crippen molar-refractivity contribution < 1.29 is 57.2 Å². The van der Waals surface area contributed by atoms with Crippen molar-refractivity contribution in [1.82, 2.24) is 19.7 Å². The molecule has 1 saturated carbocycles. The minimum absolute atomic E-state index is 0.0487. The van der Waals surface area contributed by atoms with Gasteiger partial charge in [-0.15, -0.1) is 0 Å². The van der Waals surface area contributed by atoms with Crippen LogP contribution in [0.25, 0.3) is 11.0 Å². The zero-order valence-corrected chi connectivity index (χ0v) is 22.5. The number of ether oxygens (including phenoxy) is 1. The SMILES string of the molecule is O=P(O)(O)CP(=O)(O)OC[C@H]1O[C@@H](n2ncc3c(N4C[C@@H]5CC(F)(F)C[C@@H]5C4)nc(Cl)nc32)[C@H](O)[C@@]1(O)CO. The van der Waals surface area contributed by atoms with Crippen LogP contribution in [-0.4, -0.2) is 106 Å². The van der Waals surface area contributed by atoms with E-state index >= 15 is 0 Å². The molecule has 1 unspecified atom stereocenters. The molecule has 20 heteroatoms. The molecule has 3 aliphatic rings. The van der Waals surface area contributed by atoms with Crippen molar-refractivity contribution in [1.29, 1.82) is 0 Å². The smallest absolute Gasteiger partial charge is 0.340 e. The fraction of sp³-hybridized carbons (Fsp3) is 0.737. The number of aromatic nitrogens is 4. The zero-order valence-electron chi connectivity index (χ0n) is 20.0. The first-order chi connectivity index (χ1) is 18.0. The Bertz CT molecular complexity index is 1350. The Morgan fingerprint density at radius 1 is 1.18 bits per heavy atom. The molecule has 39 heavy (non-hydrogen) atoms. The van der Waals surface area contributed by atoms with E-state index in [1.54, 1.807) is 4.90 Å². The molecule has 0 spiro atoms. The summed E-state index contributed by atoms with van der Waals surface area (Å²) in [4.78, 5) is 37.9. The van der Waals surface area contributed by atoms with Crippen molar-refractivity contribution in [3.8, 4) is 0 Å². The van der Waals surface area contributed by atoms with Crippen LogP contribution in [-0.2, 0) is 18.4 Å². The van der Waals surface area contributed by atoms with Crippen LogP contribution < -0.4 is 4.90 Å². The van der Waals surface area contributed by atoms with E-state index in [-0.39, 0.29) is 35.6 Å². The molecular formula is C19H26ClF2N5O10P2. The first-order valence-electron chi connectivity index (χ1n) is 11.7. The molecular weight excluding hydrogens is 594 g/mol. The van der Waals surface area contributed by atoms with Crippen LogP contribution in [0, 0.1) is 11.8 Å². The third-order valence-corrected chi connectivity index (χ3v) is 11.0. The maximum atomic E-state index is 13.8. The number of anilines is 1. The number of hydrogen-bond donors (Lipinski definition) is 6.